The van der Waals surface area contributed by atoms with E-state index in [1.54, 1.807) is 32.2 Å². The van der Waals surface area contributed by atoms with E-state index in [0.29, 0.717) is 35.5 Å². The van der Waals surface area contributed by atoms with Crippen molar-refractivity contribution < 1.29 is 18.9 Å². The normalized spacial score (nSPS) is 12.9. The Hall–Kier alpha value is -3.74. The highest BCUT2D eigenvalue weighted by molar-refractivity contribution is 6.22. The highest BCUT2D eigenvalue weighted by atomic mass is 16.5. The first-order valence-corrected chi connectivity index (χ1v) is 9.66. The van der Waals surface area contributed by atoms with Crippen LogP contribution in [-0.2, 0) is 13.0 Å². The Labute approximate surface area is 173 Å². The second-order valence-electron chi connectivity index (χ2n) is 7.35. The van der Waals surface area contributed by atoms with Crippen molar-refractivity contribution in [1.82, 2.24) is 15.0 Å². The Bertz CT molecular complexity index is 1120. The van der Waals surface area contributed by atoms with Gasteiger partial charge in [-0.2, -0.15) is 0 Å². The number of amides is 3. The first-order valence-electron chi connectivity index (χ1n) is 9.66. The number of imide groups is 1. The van der Waals surface area contributed by atoms with Crippen LogP contribution in [0.25, 0.3) is 0 Å². The fourth-order valence-electron chi connectivity index (χ4n) is 3.54. The summed E-state index contributed by atoms with van der Waals surface area (Å²) in [5, 5.41) is 3.89. The highest BCUT2D eigenvalue weighted by Crippen LogP contribution is 2.25. The van der Waals surface area contributed by atoms with Gasteiger partial charge in [-0.25, -0.2) is 0 Å². The lowest BCUT2D eigenvalue weighted by molar-refractivity contribution is 0.0655. The van der Waals surface area contributed by atoms with Gasteiger partial charge in [0.15, 0.2) is 0 Å². The average Bonchev–Trinajstić information content (AvgIpc) is 3.27. The molecule has 1 aromatic heterocycles. The average molecular weight is 403 g/mol. The summed E-state index contributed by atoms with van der Waals surface area (Å²) in [5.74, 6) is -0.281. The van der Waals surface area contributed by atoms with Crippen LogP contribution in [0, 0.1) is 6.92 Å². The van der Waals surface area contributed by atoms with Gasteiger partial charge in [0.25, 0.3) is 17.7 Å². The predicted molar refractivity (Wildman–Crippen MR) is 109 cm³/mol. The lowest BCUT2D eigenvalue weighted by atomic mass is 10.0. The van der Waals surface area contributed by atoms with E-state index in [1.807, 2.05) is 30.3 Å². The van der Waals surface area contributed by atoms with Gasteiger partial charge >= 0.3 is 0 Å². The van der Waals surface area contributed by atoms with E-state index in [-0.39, 0.29) is 29.8 Å². The summed E-state index contributed by atoms with van der Waals surface area (Å²) in [4.78, 5) is 41.0. The number of nitrogens with zero attached hydrogens (tertiary/aromatic N) is 3. The van der Waals surface area contributed by atoms with E-state index in [4.69, 9.17) is 4.52 Å². The van der Waals surface area contributed by atoms with E-state index in [9.17, 15) is 14.4 Å². The van der Waals surface area contributed by atoms with Crippen molar-refractivity contribution in [2.75, 3.05) is 13.6 Å². The minimum Gasteiger partial charge on any atom is -0.361 e. The zero-order valence-electron chi connectivity index (χ0n) is 16.8. The van der Waals surface area contributed by atoms with Crippen LogP contribution in [0.3, 0.4) is 0 Å². The molecule has 7 heteroatoms. The van der Waals surface area contributed by atoms with Crippen LogP contribution >= 0.6 is 0 Å². The topological polar surface area (TPSA) is 83.7 Å². The van der Waals surface area contributed by atoms with Gasteiger partial charge < -0.3 is 9.42 Å². The molecule has 1 aliphatic rings. The lowest BCUT2D eigenvalue weighted by Gasteiger charge is -2.15. The number of hydrogen-bond donors (Lipinski definition) is 0. The molecular weight excluding hydrogens is 382 g/mol. The third-order valence-electron chi connectivity index (χ3n) is 5.11. The molecule has 0 bridgehead atoms. The maximum absolute atomic E-state index is 12.8. The van der Waals surface area contributed by atoms with Crippen molar-refractivity contribution >= 4 is 17.7 Å². The molecule has 0 aliphatic carbocycles. The van der Waals surface area contributed by atoms with E-state index in [2.05, 4.69) is 5.16 Å². The molecule has 3 amide bonds. The number of carbonyl (C=O) groups excluding carboxylic acids is 3. The smallest absolute Gasteiger partial charge is 0.261 e. The molecule has 4 rings (SSSR count). The number of aryl methyl sites for hydroxylation is 1. The molecule has 3 aromatic rings. The molecule has 0 radical (unpaired) electrons. The minimum absolute atomic E-state index is 0.263. The summed E-state index contributed by atoms with van der Waals surface area (Å²) >= 11 is 0. The summed E-state index contributed by atoms with van der Waals surface area (Å²) < 4.78 is 5.03. The van der Waals surface area contributed by atoms with Crippen LogP contribution in [0.2, 0.25) is 0 Å². The Morgan fingerprint density at radius 1 is 1.03 bits per heavy atom. The standard InChI is InChI=1S/C23H21N3O4/c1-15-12-18(24-30-15)14-25(2)21(27)17-8-9-19-20(13-17)23(29)26(22(19)28)11-10-16-6-4-3-5-7-16/h3-9,12-13H,10-11,14H2,1-2H3. The molecule has 0 spiro atoms. The molecule has 2 aromatic carbocycles. The molecule has 30 heavy (non-hydrogen) atoms. The number of rotatable bonds is 6. The van der Waals surface area contributed by atoms with Crippen LogP contribution in [-0.4, -0.2) is 46.3 Å². The number of fused-ring (bicyclic) bond motifs is 1. The van der Waals surface area contributed by atoms with E-state index >= 15 is 0 Å². The summed E-state index contributed by atoms with van der Waals surface area (Å²) in [6, 6.07) is 16.1. The number of hydrogen-bond acceptors (Lipinski definition) is 5. The molecule has 1 aliphatic heterocycles. The SMILES string of the molecule is Cc1cc(CN(C)C(=O)c2ccc3c(c2)C(=O)N(CCc2ccccc2)C3=O)no1. The molecule has 152 valence electrons. The monoisotopic (exact) mass is 403 g/mol. The molecular formula is C23H21N3O4. The second kappa shape index (κ2) is 7.94. The predicted octanol–water partition coefficient (Wildman–Crippen LogP) is 3.09. The van der Waals surface area contributed by atoms with E-state index < -0.39 is 0 Å². The zero-order chi connectivity index (χ0) is 21.3. The van der Waals surface area contributed by atoms with Crippen LogP contribution < -0.4 is 0 Å². The first kappa shape index (κ1) is 19.6. The molecule has 0 atom stereocenters. The van der Waals surface area contributed by atoms with Crippen molar-refractivity contribution in [3.63, 3.8) is 0 Å². The second-order valence-corrected chi connectivity index (χ2v) is 7.35. The summed E-state index contributed by atoms with van der Waals surface area (Å²) in [6.07, 6.45) is 0.581. The van der Waals surface area contributed by atoms with Gasteiger partial charge in [-0.1, -0.05) is 35.5 Å². The summed E-state index contributed by atoms with van der Waals surface area (Å²) in [5.41, 5.74) is 2.64. The third kappa shape index (κ3) is 3.74. The summed E-state index contributed by atoms with van der Waals surface area (Å²) in [6.45, 7) is 2.36. The van der Waals surface area contributed by atoms with Crippen molar-refractivity contribution in [1.29, 1.82) is 0 Å². The molecule has 0 unspecified atom stereocenters. The van der Waals surface area contributed by atoms with Crippen LogP contribution in [0.1, 0.15) is 48.1 Å². The fourth-order valence-corrected chi connectivity index (χ4v) is 3.54. The Morgan fingerprint density at radius 2 is 1.77 bits per heavy atom. The van der Waals surface area contributed by atoms with Crippen LogP contribution in [0.4, 0.5) is 0 Å². The largest absolute Gasteiger partial charge is 0.361 e. The Morgan fingerprint density at radius 3 is 2.47 bits per heavy atom. The molecule has 2 heterocycles. The molecule has 0 saturated heterocycles. The van der Waals surface area contributed by atoms with Gasteiger partial charge in [-0.15, -0.1) is 0 Å². The summed E-state index contributed by atoms with van der Waals surface area (Å²) in [7, 11) is 1.65. The van der Waals surface area contributed by atoms with Gasteiger partial charge in [-0.3, -0.25) is 19.3 Å². The molecule has 0 fully saturated rings. The van der Waals surface area contributed by atoms with Crippen molar-refractivity contribution in [3.05, 3.63) is 88.3 Å². The molecule has 7 nitrogen and oxygen atoms in total. The number of aromatic nitrogens is 1. The van der Waals surface area contributed by atoms with Crippen LogP contribution in [0.5, 0.6) is 0 Å². The van der Waals surface area contributed by atoms with Crippen molar-refractivity contribution in [3.8, 4) is 0 Å². The number of benzene rings is 2. The first-order chi connectivity index (χ1) is 14.4. The number of carbonyl (C=O) groups is 3. The van der Waals surface area contributed by atoms with Gasteiger partial charge in [0.05, 0.1) is 17.7 Å². The maximum atomic E-state index is 12.8. The Kier molecular flexibility index (Phi) is 5.18. The Balaban J connectivity index is 1.49. The minimum atomic E-state index is -0.365. The fraction of sp³-hybridized carbons (Fsp3) is 0.217. The van der Waals surface area contributed by atoms with Gasteiger partial charge in [0, 0.05) is 25.2 Å². The highest BCUT2D eigenvalue weighted by Gasteiger charge is 2.35. The molecule has 0 saturated carbocycles. The van der Waals surface area contributed by atoms with Crippen LogP contribution in [0.15, 0.2) is 59.1 Å². The van der Waals surface area contributed by atoms with E-state index in [0.717, 1.165) is 5.56 Å². The molecule has 0 N–H and O–H groups in total. The quantitative estimate of drug-likeness (QED) is 0.591. The van der Waals surface area contributed by atoms with Gasteiger partial charge in [0.1, 0.15) is 11.5 Å². The van der Waals surface area contributed by atoms with Crippen molar-refractivity contribution in [2.45, 2.75) is 19.9 Å². The van der Waals surface area contributed by atoms with Gasteiger partial charge in [-0.05, 0) is 37.1 Å². The third-order valence-corrected chi connectivity index (χ3v) is 5.11. The zero-order valence-corrected chi connectivity index (χ0v) is 16.8. The van der Waals surface area contributed by atoms with Crippen molar-refractivity contribution in [2.24, 2.45) is 0 Å². The maximum Gasteiger partial charge on any atom is 0.261 e. The lowest BCUT2D eigenvalue weighted by Crippen LogP contribution is -2.31. The van der Waals surface area contributed by atoms with E-state index in [1.165, 1.54) is 15.9 Å². The van der Waals surface area contributed by atoms with Gasteiger partial charge in [0.2, 0.25) is 0 Å².